The van der Waals surface area contributed by atoms with E-state index < -0.39 is 10.0 Å². The average molecular weight is 355 g/mol. The average Bonchev–Trinajstić information content (AvgIpc) is 3.07. The van der Waals surface area contributed by atoms with Crippen molar-refractivity contribution in [3.63, 3.8) is 0 Å². The summed E-state index contributed by atoms with van der Waals surface area (Å²) in [7, 11) is -3.70. The molecule has 120 valence electrons. The van der Waals surface area contributed by atoms with Crippen molar-refractivity contribution in [2.75, 3.05) is 4.72 Å². The van der Waals surface area contributed by atoms with Crippen LogP contribution in [0.4, 0.5) is 5.69 Å². The van der Waals surface area contributed by atoms with Crippen LogP contribution in [0.2, 0.25) is 0 Å². The predicted octanol–water partition coefficient (Wildman–Crippen LogP) is 3.79. The zero-order valence-corrected chi connectivity index (χ0v) is 14.4. The minimum absolute atomic E-state index is 0.109. The van der Waals surface area contributed by atoms with Crippen molar-refractivity contribution in [3.8, 4) is 16.5 Å². The molecule has 0 aliphatic rings. The first-order chi connectivity index (χ1) is 11.5. The van der Waals surface area contributed by atoms with Crippen LogP contribution < -0.4 is 4.72 Å². The molecule has 0 amide bonds. The topological polar surface area (TPSA) is 82.9 Å². The van der Waals surface area contributed by atoms with Crippen LogP contribution in [0.3, 0.4) is 0 Å². The molecule has 0 fully saturated rings. The molecule has 0 saturated heterocycles. The van der Waals surface area contributed by atoms with Crippen LogP contribution in [-0.4, -0.2) is 13.4 Å². The van der Waals surface area contributed by atoms with Crippen LogP contribution in [0, 0.1) is 18.3 Å². The number of pyridine rings is 1. The summed E-state index contributed by atoms with van der Waals surface area (Å²) in [5, 5.41) is 8.94. The van der Waals surface area contributed by atoms with Gasteiger partial charge in [0, 0.05) is 17.3 Å². The fourth-order valence-electron chi connectivity index (χ4n) is 2.15. The van der Waals surface area contributed by atoms with Crippen molar-refractivity contribution in [2.45, 2.75) is 11.8 Å². The van der Waals surface area contributed by atoms with Gasteiger partial charge in [-0.15, -0.1) is 11.3 Å². The van der Waals surface area contributed by atoms with Crippen LogP contribution in [0.25, 0.3) is 10.4 Å². The standard InChI is InChI=1S/C17H13N3O2S2/c1-12-4-5-13(17-7-6-14(10-18)23-17)9-16(12)20-24(21,22)15-3-2-8-19-11-15/h2-9,11,20H,1H3. The summed E-state index contributed by atoms with van der Waals surface area (Å²) >= 11 is 1.37. The van der Waals surface area contributed by atoms with Crippen molar-refractivity contribution in [1.29, 1.82) is 5.26 Å². The molecule has 1 N–H and O–H groups in total. The summed E-state index contributed by atoms with van der Waals surface area (Å²) < 4.78 is 27.5. The number of aromatic nitrogens is 1. The summed E-state index contributed by atoms with van der Waals surface area (Å²) in [6.45, 7) is 1.83. The largest absolute Gasteiger partial charge is 0.279 e. The third-order valence-electron chi connectivity index (χ3n) is 3.43. The van der Waals surface area contributed by atoms with Crippen molar-refractivity contribution in [1.82, 2.24) is 4.98 Å². The maximum atomic E-state index is 12.5. The third-order valence-corrected chi connectivity index (χ3v) is 5.82. The van der Waals surface area contributed by atoms with Gasteiger partial charge < -0.3 is 0 Å². The molecule has 3 rings (SSSR count). The summed E-state index contributed by atoms with van der Waals surface area (Å²) in [6.07, 6.45) is 2.83. The minimum Gasteiger partial charge on any atom is -0.279 e. The lowest BCUT2D eigenvalue weighted by Crippen LogP contribution is -2.14. The molecule has 1 aromatic carbocycles. The SMILES string of the molecule is Cc1ccc(-c2ccc(C#N)s2)cc1NS(=O)(=O)c1cccnc1. The number of sulfonamides is 1. The summed E-state index contributed by atoms with van der Waals surface area (Å²) in [6, 6.07) is 14.3. The lowest BCUT2D eigenvalue weighted by molar-refractivity contribution is 0.601. The number of rotatable bonds is 4. The highest BCUT2D eigenvalue weighted by Crippen LogP contribution is 2.31. The van der Waals surface area contributed by atoms with E-state index in [2.05, 4.69) is 15.8 Å². The van der Waals surface area contributed by atoms with Crippen LogP contribution in [-0.2, 0) is 10.0 Å². The minimum atomic E-state index is -3.70. The van der Waals surface area contributed by atoms with E-state index in [-0.39, 0.29) is 4.90 Å². The first-order valence-electron chi connectivity index (χ1n) is 7.03. The number of anilines is 1. The van der Waals surface area contributed by atoms with Crippen molar-refractivity contribution in [3.05, 3.63) is 65.3 Å². The molecular weight excluding hydrogens is 342 g/mol. The van der Waals surface area contributed by atoms with Gasteiger partial charge in [0.25, 0.3) is 10.0 Å². The predicted molar refractivity (Wildman–Crippen MR) is 94.3 cm³/mol. The molecule has 0 atom stereocenters. The Balaban J connectivity index is 1.97. The molecule has 3 aromatic rings. The summed E-state index contributed by atoms with van der Waals surface area (Å²) in [4.78, 5) is 5.48. The van der Waals surface area contributed by atoms with E-state index in [1.807, 2.05) is 25.1 Å². The van der Waals surface area contributed by atoms with E-state index in [0.29, 0.717) is 10.6 Å². The van der Waals surface area contributed by atoms with E-state index in [4.69, 9.17) is 5.26 Å². The molecule has 0 spiro atoms. The molecular formula is C17H13N3O2S2. The maximum absolute atomic E-state index is 12.5. The normalized spacial score (nSPS) is 11.0. The fourth-order valence-corrected chi connectivity index (χ4v) is 4.03. The van der Waals surface area contributed by atoms with E-state index in [9.17, 15) is 8.42 Å². The lowest BCUT2D eigenvalue weighted by Gasteiger charge is -2.11. The Morgan fingerprint density at radius 2 is 2.04 bits per heavy atom. The van der Waals surface area contributed by atoms with Gasteiger partial charge in [0.05, 0.1) is 5.69 Å². The number of benzene rings is 1. The molecule has 0 aliphatic heterocycles. The molecule has 0 saturated carbocycles. The Labute approximate surface area is 144 Å². The Kier molecular flexibility index (Phi) is 4.34. The first kappa shape index (κ1) is 16.2. The molecule has 24 heavy (non-hydrogen) atoms. The van der Waals surface area contributed by atoms with Gasteiger partial charge in [-0.2, -0.15) is 5.26 Å². The molecule has 0 unspecified atom stereocenters. The Bertz CT molecular complexity index is 1020. The molecule has 2 heterocycles. The van der Waals surface area contributed by atoms with Gasteiger partial charge in [-0.3, -0.25) is 9.71 Å². The molecule has 2 aromatic heterocycles. The molecule has 7 heteroatoms. The van der Waals surface area contributed by atoms with Gasteiger partial charge in [-0.05, 0) is 48.4 Å². The van der Waals surface area contributed by atoms with Gasteiger partial charge >= 0.3 is 0 Å². The van der Waals surface area contributed by atoms with Crippen molar-refractivity contribution in [2.24, 2.45) is 0 Å². The van der Waals surface area contributed by atoms with Crippen LogP contribution in [0.5, 0.6) is 0 Å². The second kappa shape index (κ2) is 6.43. The maximum Gasteiger partial charge on any atom is 0.263 e. The highest BCUT2D eigenvalue weighted by atomic mass is 32.2. The second-order valence-corrected chi connectivity index (χ2v) is 7.87. The van der Waals surface area contributed by atoms with E-state index >= 15 is 0 Å². The highest BCUT2D eigenvalue weighted by molar-refractivity contribution is 7.92. The smallest absolute Gasteiger partial charge is 0.263 e. The quantitative estimate of drug-likeness (QED) is 0.772. The van der Waals surface area contributed by atoms with E-state index in [0.717, 1.165) is 16.0 Å². The van der Waals surface area contributed by atoms with Gasteiger partial charge in [-0.1, -0.05) is 12.1 Å². The second-order valence-electron chi connectivity index (χ2n) is 5.10. The monoisotopic (exact) mass is 355 g/mol. The first-order valence-corrected chi connectivity index (χ1v) is 9.33. The van der Waals surface area contributed by atoms with Gasteiger partial charge in [0.2, 0.25) is 0 Å². The van der Waals surface area contributed by atoms with E-state index in [1.54, 1.807) is 18.2 Å². The molecule has 0 aliphatic carbocycles. The van der Waals surface area contributed by atoms with Crippen LogP contribution >= 0.6 is 11.3 Å². The highest BCUT2D eigenvalue weighted by Gasteiger charge is 2.16. The third kappa shape index (κ3) is 3.30. The number of aryl methyl sites for hydroxylation is 1. The summed E-state index contributed by atoms with van der Waals surface area (Å²) in [5.74, 6) is 0. The molecule has 5 nitrogen and oxygen atoms in total. The fraction of sp³-hybridized carbons (Fsp3) is 0.0588. The zero-order chi connectivity index (χ0) is 17.2. The van der Waals surface area contributed by atoms with Crippen molar-refractivity contribution >= 4 is 27.0 Å². The van der Waals surface area contributed by atoms with Crippen LogP contribution in [0.1, 0.15) is 10.4 Å². The number of nitrogens with zero attached hydrogens (tertiary/aromatic N) is 2. The molecule has 0 bridgehead atoms. The van der Waals surface area contributed by atoms with Gasteiger partial charge in [0.15, 0.2) is 0 Å². The Hall–Kier alpha value is -2.69. The van der Waals surface area contributed by atoms with Gasteiger partial charge in [-0.25, -0.2) is 8.42 Å². The lowest BCUT2D eigenvalue weighted by atomic mass is 10.1. The zero-order valence-electron chi connectivity index (χ0n) is 12.7. The Morgan fingerprint density at radius 3 is 2.71 bits per heavy atom. The van der Waals surface area contributed by atoms with E-state index in [1.165, 1.54) is 29.8 Å². The molecule has 0 radical (unpaired) electrons. The number of thiophene rings is 1. The number of hydrogen-bond donors (Lipinski definition) is 1. The summed E-state index contributed by atoms with van der Waals surface area (Å²) in [5.41, 5.74) is 2.17. The van der Waals surface area contributed by atoms with Gasteiger partial charge in [0.1, 0.15) is 15.8 Å². The number of nitrogens with one attached hydrogen (secondary N) is 1. The number of hydrogen-bond acceptors (Lipinski definition) is 5. The number of nitriles is 1. The van der Waals surface area contributed by atoms with Crippen molar-refractivity contribution < 1.29 is 8.42 Å². The van der Waals surface area contributed by atoms with Crippen LogP contribution in [0.15, 0.2) is 59.8 Å². The Morgan fingerprint density at radius 1 is 1.21 bits per heavy atom.